The van der Waals surface area contributed by atoms with Crippen LogP contribution in [0.15, 0.2) is 62.3 Å². The molecule has 4 rings (SSSR count). The molecule has 0 atom stereocenters. The van der Waals surface area contributed by atoms with E-state index in [9.17, 15) is 13.2 Å². The number of nitrogens with one attached hydrogen (secondary N) is 1. The number of carbonyl (C=O) groups is 1. The molecule has 0 spiro atoms. The zero-order valence-corrected chi connectivity index (χ0v) is 21.2. The maximum Gasteiger partial charge on any atom is 0.322 e. The average Bonchev–Trinajstić information content (AvgIpc) is 3.52. The SMILES string of the molecule is CCCCN(CC)S(=O)(=O)c1ccc(C(=O)Nc2nnc(-c3cc4cccc(OCC)c4o3)o2)cc1. The van der Waals surface area contributed by atoms with E-state index in [0.717, 1.165) is 18.2 Å². The molecule has 190 valence electrons. The van der Waals surface area contributed by atoms with E-state index < -0.39 is 15.9 Å². The fourth-order valence-corrected chi connectivity index (χ4v) is 5.15. The van der Waals surface area contributed by atoms with Crippen LogP contribution < -0.4 is 10.1 Å². The van der Waals surface area contributed by atoms with Crippen LogP contribution in [0.4, 0.5) is 6.01 Å². The van der Waals surface area contributed by atoms with Crippen molar-refractivity contribution < 1.29 is 26.8 Å². The molecule has 0 aliphatic heterocycles. The van der Waals surface area contributed by atoms with Gasteiger partial charge in [0.25, 0.3) is 11.8 Å². The van der Waals surface area contributed by atoms with Crippen LogP contribution in [0, 0.1) is 0 Å². The molecule has 1 N–H and O–H groups in total. The largest absolute Gasteiger partial charge is 0.490 e. The van der Waals surface area contributed by atoms with Crippen molar-refractivity contribution in [3.63, 3.8) is 0 Å². The molecule has 0 radical (unpaired) electrons. The molecule has 1 amide bonds. The molecule has 0 saturated heterocycles. The van der Waals surface area contributed by atoms with E-state index >= 15 is 0 Å². The molecule has 0 bridgehead atoms. The van der Waals surface area contributed by atoms with E-state index in [1.54, 1.807) is 19.1 Å². The van der Waals surface area contributed by atoms with Gasteiger partial charge in [0.15, 0.2) is 17.1 Å². The molecule has 0 aliphatic carbocycles. The number of unbranched alkanes of at least 4 members (excludes halogenated alkanes) is 1. The predicted molar refractivity (Wildman–Crippen MR) is 134 cm³/mol. The first-order valence-corrected chi connectivity index (χ1v) is 13.2. The van der Waals surface area contributed by atoms with Gasteiger partial charge in [-0.2, -0.15) is 4.31 Å². The molecule has 0 aliphatic rings. The Kier molecular flexibility index (Phi) is 7.70. The summed E-state index contributed by atoms with van der Waals surface area (Å²) in [5, 5.41) is 11.2. The third-order valence-corrected chi connectivity index (χ3v) is 7.52. The number of rotatable bonds is 11. The van der Waals surface area contributed by atoms with Crippen molar-refractivity contribution >= 4 is 32.9 Å². The van der Waals surface area contributed by atoms with Crippen LogP contribution in [0.1, 0.15) is 44.0 Å². The summed E-state index contributed by atoms with van der Waals surface area (Å²) in [7, 11) is -3.63. The smallest absolute Gasteiger partial charge is 0.322 e. The highest BCUT2D eigenvalue weighted by Gasteiger charge is 2.23. The summed E-state index contributed by atoms with van der Waals surface area (Å²) in [4.78, 5) is 12.8. The monoisotopic (exact) mass is 512 g/mol. The third kappa shape index (κ3) is 5.26. The van der Waals surface area contributed by atoms with Gasteiger partial charge in [-0.15, -0.1) is 5.10 Å². The first-order valence-electron chi connectivity index (χ1n) is 11.8. The molecule has 2 aromatic heterocycles. The summed E-state index contributed by atoms with van der Waals surface area (Å²) in [6, 6.07) is 12.9. The number of fused-ring (bicyclic) bond motifs is 1. The number of hydrogen-bond acceptors (Lipinski definition) is 8. The molecule has 10 nitrogen and oxygen atoms in total. The maximum absolute atomic E-state index is 12.9. The van der Waals surface area contributed by atoms with Gasteiger partial charge in [0.1, 0.15) is 0 Å². The zero-order valence-electron chi connectivity index (χ0n) is 20.4. The Bertz CT molecular complexity index is 1440. The molecule has 0 unspecified atom stereocenters. The quantitative estimate of drug-likeness (QED) is 0.299. The number of benzene rings is 2. The Morgan fingerprint density at radius 2 is 1.83 bits per heavy atom. The van der Waals surface area contributed by atoms with Crippen molar-refractivity contribution in [3.8, 4) is 17.4 Å². The second-order valence-electron chi connectivity index (χ2n) is 7.96. The number of hydrogen-bond donors (Lipinski definition) is 1. The second-order valence-corrected chi connectivity index (χ2v) is 9.90. The Balaban J connectivity index is 1.47. The Labute approximate surface area is 209 Å². The van der Waals surface area contributed by atoms with Crippen molar-refractivity contribution in [1.82, 2.24) is 14.5 Å². The van der Waals surface area contributed by atoms with Gasteiger partial charge in [-0.25, -0.2) is 8.42 Å². The fourth-order valence-electron chi connectivity index (χ4n) is 3.66. The van der Waals surface area contributed by atoms with Gasteiger partial charge < -0.3 is 13.6 Å². The number of amides is 1. The van der Waals surface area contributed by atoms with Gasteiger partial charge >= 0.3 is 6.01 Å². The molecular weight excluding hydrogens is 484 g/mol. The molecule has 0 saturated carbocycles. The van der Waals surface area contributed by atoms with Gasteiger partial charge in [0.05, 0.1) is 11.5 Å². The number of aromatic nitrogens is 2. The molecule has 36 heavy (non-hydrogen) atoms. The van der Waals surface area contributed by atoms with Crippen molar-refractivity contribution in [3.05, 3.63) is 54.1 Å². The minimum absolute atomic E-state index is 0.0946. The van der Waals surface area contributed by atoms with E-state index in [-0.39, 0.29) is 22.4 Å². The minimum atomic E-state index is -3.63. The van der Waals surface area contributed by atoms with Crippen molar-refractivity contribution in [1.29, 1.82) is 0 Å². The summed E-state index contributed by atoms with van der Waals surface area (Å²) in [6.45, 7) is 7.02. The Morgan fingerprint density at radius 1 is 1.06 bits per heavy atom. The van der Waals surface area contributed by atoms with Gasteiger partial charge in [0, 0.05) is 24.0 Å². The lowest BCUT2D eigenvalue weighted by Crippen LogP contribution is -2.31. The zero-order chi connectivity index (χ0) is 25.7. The van der Waals surface area contributed by atoms with Gasteiger partial charge in [0.2, 0.25) is 10.0 Å². The maximum atomic E-state index is 12.9. The number of para-hydroxylation sites is 1. The number of furan rings is 1. The topological polar surface area (TPSA) is 128 Å². The number of anilines is 1. The van der Waals surface area contributed by atoms with E-state index in [0.29, 0.717) is 36.8 Å². The van der Waals surface area contributed by atoms with Crippen LogP contribution in [0.25, 0.3) is 22.6 Å². The second kappa shape index (κ2) is 10.9. The number of ether oxygens (including phenoxy) is 1. The van der Waals surface area contributed by atoms with Crippen molar-refractivity contribution in [2.45, 2.75) is 38.5 Å². The average molecular weight is 513 g/mol. The van der Waals surface area contributed by atoms with Crippen LogP contribution in [0.3, 0.4) is 0 Å². The van der Waals surface area contributed by atoms with Crippen molar-refractivity contribution in [2.75, 3.05) is 25.0 Å². The van der Waals surface area contributed by atoms with Crippen LogP contribution in [-0.2, 0) is 10.0 Å². The molecule has 2 aromatic carbocycles. The molecule has 11 heteroatoms. The number of nitrogens with zero attached hydrogens (tertiary/aromatic N) is 3. The summed E-state index contributed by atoms with van der Waals surface area (Å²) >= 11 is 0. The van der Waals surface area contributed by atoms with E-state index in [1.165, 1.54) is 28.6 Å². The molecule has 2 heterocycles. The lowest BCUT2D eigenvalue weighted by molar-refractivity contribution is 0.102. The summed E-state index contributed by atoms with van der Waals surface area (Å²) in [5.74, 6) is 0.517. The van der Waals surface area contributed by atoms with E-state index in [1.807, 2.05) is 26.0 Å². The van der Waals surface area contributed by atoms with E-state index in [2.05, 4.69) is 15.5 Å². The summed E-state index contributed by atoms with van der Waals surface area (Å²) < 4.78 is 44.2. The molecule has 0 fully saturated rings. The van der Waals surface area contributed by atoms with E-state index in [4.69, 9.17) is 13.6 Å². The number of sulfonamides is 1. The highest BCUT2D eigenvalue weighted by atomic mass is 32.2. The van der Waals surface area contributed by atoms with Crippen LogP contribution in [-0.4, -0.2) is 48.5 Å². The minimum Gasteiger partial charge on any atom is -0.490 e. The van der Waals surface area contributed by atoms with Crippen molar-refractivity contribution in [2.24, 2.45) is 0 Å². The highest BCUT2D eigenvalue weighted by molar-refractivity contribution is 7.89. The predicted octanol–water partition coefficient (Wildman–Crippen LogP) is 4.94. The van der Waals surface area contributed by atoms with Crippen LogP contribution in [0.2, 0.25) is 0 Å². The van der Waals surface area contributed by atoms with Crippen LogP contribution in [0.5, 0.6) is 5.75 Å². The first kappa shape index (κ1) is 25.4. The van der Waals surface area contributed by atoms with Gasteiger partial charge in [-0.1, -0.05) is 37.5 Å². The van der Waals surface area contributed by atoms with Gasteiger partial charge in [-0.3, -0.25) is 10.1 Å². The Hall–Kier alpha value is -3.70. The lowest BCUT2D eigenvalue weighted by Gasteiger charge is -2.20. The van der Waals surface area contributed by atoms with Gasteiger partial charge in [-0.05, 0) is 49.7 Å². The standard InChI is InChI=1S/C25H28N4O6S/c1-4-7-15-29(5-2)36(31,32)19-13-11-17(12-14-19)23(30)26-25-28-27-24(35-25)21-16-18-9-8-10-20(33-6-3)22(18)34-21/h8-14,16H,4-7,15H2,1-3H3,(H,26,28,30). The number of carbonyl (C=O) groups excluding carboxylic acids is 1. The van der Waals surface area contributed by atoms with Crippen LogP contribution >= 0.6 is 0 Å². The first-order chi connectivity index (χ1) is 17.4. The fraction of sp³-hybridized carbons (Fsp3) is 0.320. The molecule has 4 aromatic rings. The lowest BCUT2D eigenvalue weighted by atomic mass is 10.2. The summed E-state index contributed by atoms with van der Waals surface area (Å²) in [5.41, 5.74) is 0.805. The summed E-state index contributed by atoms with van der Waals surface area (Å²) in [6.07, 6.45) is 1.68. The Morgan fingerprint density at radius 3 is 2.53 bits per heavy atom. The third-order valence-electron chi connectivity index (χ3n) is 5.53. The normalized spacial score (nSPS) is 11.8. The molecular formula is C25H28N4O6S. The highest BCUT2D eigenvalue weighted by Crippen LogP contribution is 2.33.